The van der Waals surface area contributed by atoms with Gasteiger partial charge in [-0.15, -0.1) is 11.3 Å². The number of ether oxygens (including phenoxy) is 1. The first-order valence-electron chi connectivity index (χ1n) is 6.57. The van der Waals surface area contributed by atoms with Crippen LogP contribution in [0.25, 0.3) is 10.2 Å². The molecule has 0 radical (unpaired) electrons. The van der Waals surface area contributed by atoms with Crippen LogP contribution in [-0.2, 0) is 11.3 Å². The zero-order valence-electron chi connectivity index (χ0n) is 10.4. The maximum absolute atomic E-state index is 5.77. The smallest absolute Gasteiger partial charge is 0.120 e. The average Bonchev–Trinajstić information content (AvgIpc) is 2.82. The molecule has 1 aliphatic rings. The predicted molar refractivity (Wildman–Crippen MR) is 74.9 cm³/mol. The van der Waals surface area contributed by atoms with Crippen LogP contribution in [0.5, 0.6) is 0 Å². The Balaban J connectivity index is 1.53. The van der Waals surface area contributed by atoms with Crippen LogP contribution in [0.3, 0.4) is 0 Å². The molecule has 18 heavy (non-hydrogen) atoms. The molecule has 1 N–H and O–H groups in total. The highest BCUT2D eigenvalue weighted by Gasteiger charge is 2.12. The summed E-state index contributed by atoms with van der Waals surface area (Å²) in [5, 5.41) is 4.57. The van der Waals surface area contributed by atoms with Gasteiger partial charge in [-0.1, -0.05) is 18.6 Å². The van der Waals surface area contributed by atoms with Crippen LogP contribution in [0.1, 0.15) is 24.3 Å². The Morgan fingerprint density at radius 2 is 2.28 bits per heavy atom. The topological polar surface area (TPSA) is 34.1 Å². The van der Waals surface area contributed by atoms with E-state index in [9.17, 15) is 0 Å². The molecule has 1 fully saturated rings. The number of nitrogens with one attached hydrogen (secondary N) is 1. The second kappa shape index (κ2) is 5.78. The SMILES string of the molecule is c1ccc2sc(COCC3CCCCN3)nc2c1. The highest BCUT2D eigenvalue weighted by molar-refractivity contribution is 7.18. The van der Waals surface area contributed by atoms with Crippen molar-refractivity contribution in [2.45, 2.75) is 31.9 Å². The number of benzene rings is 1. The molecule has 1 aromatic heterocycles. The minimum atomic E-state index is 0.535. The zero-order valence-corrected chi connectivity index (χ0v) is 11.2. The van der Waals surface area contributed by atoms with Gasteiger partial charge in [0, 0.05) is 6.04 Å². The maximum Gasteiger partial charge on any atom is 0.120 e. The van der Waals surface area contributed by atoms with E-state index in [1.165, 1.54) is 24.0 Å². The first-order valence-corrected chi connectivity index (χ1v) is 7.39. The molecule has 2 aromatic rings. The van der Waals surface area contributed by atoms with E-state index >= 15 is 0 Å². The van der Waals surface area contributed by atoms with Crippen molar-refractivity contribution < 1.29 is 4.74 Å². The van der Waals surface area contributed by atoms with Crippen molar-refractivity contribution >= 4 is 21.6 Å². The molecule has 0 aliphatic carbocycles. The molecule has 3 rings (SSSR count). The molecular weight excluding hydrogens is 244 g/mol. The Hall–Kier alpha value is -0.970. The Morgan fingerprint density at radius 3 is 3.11 bits per heavy atom. The molecule has 1 atom stereocenters. The van der Waals surface area contributed by atoms with Crippen molar-refractivity contribution in [3.8, 4) is 0 Å². The first kappa shape index (κ1) is 12.1. The van der Waals surface area contributed by atoms with Crippen molar-refractivity contribution in [2.24, 2.45) is 0 Å². The Morgan fingerprint density at radius 1 is 1.33 bits per heavy atom. The number of piperidine rings is 1. The van der Waals surface area contributed by atoms with E-state index in [4.69, 9.17) is 4.74 Å². The highest BCUT2D eigenvalue weighted by atomic mass is 32.1. The van der Waals surface area contributed by atoms with Gasteiger partial charge in [0.05, 0.1) is 23.4 Å². The summed E-state index contributed by atoms with van der Waals surface area (Å²) in [4.78, 5) is 4.57. The molecule has 0 bridgehead atoms. The molecule has 1 aromatic carbocycles. The summed E-state index contributed by atoms with van der Waals surface area (Å²) in [6.45, 7) is 2.57. The van der Waals surface area contributed by atoms with Crippen molar-refractivity contribution in [3.05, 3.63) is 29.3 Å². The molecule has 2 heterocycles. The Kier molecular flexibility index (Phi) is 3.88. The van der Waals surface area contributed by atoms with E-state index in [0.29, 0.717) is 12.6 Å². The normalized spacial score (nSPS) is 20.3. The first-order chi connectivity index (χ1) is 8.92. The molecule has 1 aliphatic heterocycles. The Labute approximate surface area is 111 Å². The number of thiazole rings is 1. The van der Waals surface area contributed by atoms with Gasteiger partial charge in [-0.25, -0.2) is 4.98 Å². The molecule has 0 amide bonds. The number of hydrogen-bond donors (Lipinski definition) is 1. The number of hydrogen-bond acceptors (Lipinski definition) is 4. The maximum atomic E-state index is 5.77. The second-order valence-electron chi connectivity index (χ2n) is 4.74. The van der Waals surface area contributed by atoms with Gasteiger partial charge in [0.25, 0.3) is 0 Å². The van der Waals surface area contributed by atoms with Crippen LogP contribution >= 0.6 is 11.3 Å². The second-order valence-corrected chi connectivity index (χ2v) is 5.85. The number of para-hydroxylation sites is 1. The van der Waals surface area contributed by atoms with Gasteiger partial charge < -0.3 is 10.1 Å². The monoisotopic (exact) mass is 262 g/mol. The van der Waals surface area contributed by atoms with Crippen LogP contribution in [0.4, 0.5) is 0 Å². The van der Waals surface area contributed by atoms with Gasteiger partial charge in [0.1, 0.15) is 5.01 Å². The Bertz CT molecular complexity index is 472. The predicted octanol–water partition coefficient (Wildman–Crippen LogP) is 2.96. The lowest BCUT2D eigenvalue weighted by Crippen LogP contribution is -2.37. The number of aromatic nitrogens is 1. The summed E-state index contributed by atoms with van der Waals surface area (Å²) in [6.07, 6.45) is 3.86. The number of fused-ring (bicyclic) bond motifs is 1. The van der Waals surface area contributed by atoms with Crippen LogP contribution in [-0.4, -0.2) is 24.2 Å². The van der Waals surface area contributed by atoms with Gasteiger partial charge in [-0.05, 0) is 31.5 Å². The largest absolute Gasteiger partial charge is 0.373 e. The minimum absolute atomic E-state index is 0.535. The summed E-state index contributed by atoms with van der Waals surface area (Å²) in [7, 11) is 0. The number of nitrogens with zero attached hydrogens (tertiary/aromatic N) is 1. The molecule has 1 saturated heterocycles. The molecule has 4 heteroatoms. The summed E-state index contributed by atoms with van der Waals surface area (Å²) in [5.41, 5.74) is 1.08. The van der Waals surface area contributed by atoms with E-state index in [1.54, 1.807) is 11.3 Å². The molecule has 0 saturated carbocycles. The van der Waals surface area contributed by atoms with Crippen molar-refractivity contribution in [3.63, 3.8) is 0 Å². The fourth-order valence-electron chi connectivity index (χ4n) is 2.34. The quantitative estimate of drug-likeness (QED) is 0.920. The fraction of sp³-hybridized carbons (Fsp3) is 0.500. The van der Waals surface area contributed by atoms with Gasteiger partial charge >= 0.3 is 0 Å². The van der Waals surface area contributed by atoms with Crippen LogP contribution in [0, 0.1) is 0 Å². The lowest BCUT2D eigenvalue weighted by Gasteiger charge is -2.22. The highest BCUT2D eigenvalue weighted by Crippen LogP contribution is 2.22. The molecule has 96 valence electrons. The fourth-order valence-corrected chi connectivity index (χ4v) is 3.24. The molecule has 3 nitrogen and oxygen atoms in total. The average molecular weight is 262 g/mol. The molecular formula is C14H18N2OS. The lowest BCUT2D eigenvalue weighted by atomic mass is 10.1. The van der Waals surface area contributed by atoms with Gasteiger partial charge in [-0.3, -0.25) is 0 Å². The lowest BCUT2D eigenvalue weighted by molar-refractivity contribution is 0.0911. The summed E-state index contributed by atoms with van der Waals surface area (Å²) < 4.78 is 7.02. The van der Waals surface area contributed by atoms with Gasteiger partial charge in [-0.2, -0.15) is 0 Å². The zero-order chi connectivity index (χ0) is 12.2. The third-order valence-electron chi connectivity index (χ3n) is 3.30. The third-order valence-corrected chi connectivity index (χ3v) is 4.31. The van der Waals surface area contributed by atoms with Crippen LogP contribution < -0.4 is 5.32 Å². The van der Waals surface area contributed by atoms with Crippen molar-refractivity contribution in [2.75, 3.05) is 13.2 Å². The van der Waals surface area contributed by atoms with Crippen LogP contribution in [0.15, 0.2) is 24.3 Å². The van der Waals surface area contributed by atoms with Crippen LogP contribution in [0.2, 0.25) is 0 Å². The van der Waals surface area contributed by atoms with E-state index in [1.807, 2.05) is 6.07 Å². The van der Waals surface area contributed by atoms with Crippen molar-refractivity contribution in [1.29, 1.82) is 0 Å². The van der Waals surface area contributed by atoms with E-state index in [0.717, 1.165) is 23.7 Å². The van der Waals surface area contributed by atoms with Gasteiger partial charge in [0.15, 0.2) is 0 Å². The standard InChI is InChI=1S/C14H18N2OS/c1-2-7-13-12(6-1)16-14(18-13)10-17-9-11-5-3-4-8-15-11/h1-2,6-7,11,15H,3-5,8-10H2. The summed E-state index contributed by atoms with van der Waals surface area (Å²) in [5.74, 6) is 0. The third kappa shape index (κ3) is 2.88. The molecule has 1 unspecified atom stereocenters. The summed E-state index contributed by atoms with van der Waals surface area (Å²) in [6, 6.07) is 8.78. The molecule has 0 spiro atoms. The van der Waals surface area contributed by atoms with E-state index < -0.39 is 0 Å². The summed E-state index contributed by atoms with van der Waals surface area (Å²) >= 11 is 1.73. The van der Waals surface area contributed by atoms with Gasteiger partial charge in [0.2, 0.25) is 0 Å². The van der Waals surface area contributed by atoms with E-state index in [-0.39, 0.29) is 0 Å². The van der Waals surface area contributed by atoms with Crippen molar-refractivity contribution in [1.82, 2.24) is 10.3 Å². The van der Waals surface area contributed by atoms with E-state index in [2.05, 4.69) is 28.5 Å². The number of rotatable bonds is 4. The minimum Gasteiger partial charge on any atom is -0.373 e.